The van der Waals surface area contributed by atoms with Gasteiger partial charge in [0, 0.05) is 6.92 Å². The van der Waals surface area contributed by atoms with E-state index in [0.717, 1.165) is 0 Å². The molecule has 0 atom stereocenters. The van der Waals surface area contributed by atoms with Crippen LogP contribution in [0.1, 0.15) is 6.92 Å². The maximum absolute atomic E-state index is 10.7. The van der Waals surface area contributed by atoms with Crippen molar-refractivity contribution in [2.24, 2.45) is 0 Å². The molecule has 1 aliphatic heterocycles. The lowest BCUT2D eigenvalue weighted by Crippen LogP contribution is -1.96. The highest BCUT2D eigenvalue weighted by molar-refractivity contribution is 5.91. The maximum atomic E-state index is 10.7. The third-order valence-corrected chi connectivity index (χ3v) is 1.09. The summed E-state index contributed by atoms with van der Waals surface area (Å²) in [5, 5.41) is 0. The van der Waals surface area contributed by atoms with E-state index in [1.54, 1.807) is 24.3 Å². The van der Waals surface area contributed by atoms with Crippen molar-refractivity contribution in [2.75, 3.05) is 0 Å². The van der Waals surface area contributed by atoms with Gasteiger partial charge in [-0.1, -0.05) is 12.2 Å². The maximum Gasteiger partial charge on any atom is 0.194 e. The van der Waals surface area contributed by atoms with E-state index in [-0.39, 0.29) is 5.78 Å². The topological polar surface area (TPSA) is 26.3 Å². The molecule has 0 unspecified atom stereocenters. The fourth-order valence-electron chi connectivity index (χ4n) is 0.605. The van der Waals surface area contributed by atoms with Crippen LogP contribution in [0.5, 0.6) is 0 Å². The number of carbonyl (C=O) groups is 1. The van der Waals surface area contributed by atoms with Gasteiger partial charge in [-0.2, -0.15) is 0 Å². The third kappa shape index (κ3) is 1.58. The molecule has 1 heterocycles. The fourth-order valence-corrected chi connectivity index (χ4v) is 0.605. The molecule has 0 N–H and O–H groups in total. The summed E-state index contributed by atoms with van der Waals surface area (Å²) < 4.78 is 4.93. The molecule has 0 saturated heterocycles. The smallest absolute Gasteiger partial charge is 0.194 e. The number of hydrogen-bond acceptors (Lipinski definition) is 2. The van der Waals surface area contributed by atoms with Crippen LogP contribution in [0.25, 0.3) is 0 Å². The molecule has 0 bridgehead atoms. The van der Waals surface area contributed by atoms with Gasteiger partial charge in [0.15, 0.2) is 11.5 Å². The summed E-state index contributed by atoms with van der Waals surface area (Å²) in [6.07, 6.45) is 8.42. The molecule has 52 valence electrons. The summed E-state index contributed by atoms with van der Waals surface area (Å²) in [5.41, 5.74) is 0. The van der Waals surface area contributed by atoms with Crippen molar-refractivity contribution in [3.05, 3.63) is 36.3 Å². The Kier molecular flexibility index (Phi) is 2.05. The highest BCUT2D eigenvalue weighted by Gasteiger charge is 2.01. The van der Waals surface area contributed by atoms with Crippen molar-refractivity contribution in [3.63, 3.8) is 0 Å². The minimum absolute atomic E-state index is 0.0591. The molecular formula is C8H8O2. The summed E-state index contributed by atoms with van der Waals surface area (Å²) in [5.74, 6) is 0.321. The number of ether oxygens (including phenoxy) is 1. The first-order valence-corrected chi connectivity index (χ1v) is 3.02. The minimum Gasteiger partial charge on any atom is -0.461 e. The SMILES string of the molecule is CC(=O)C1=CC=CC=CO1. The summed E-state index contributed by atoms with van der Waals surface area (Å²) in [6, 6.07) is 0. The van der Waals surface area contributed by atoms with Crippen LogP contribution in [-0.2, 0) is 9.53 Å². The highest BCUT2D eigenvalue weighted by Crippen LogP contribution is 2.03. The van der Waals surface area contributed by atoms with Crippen molar-refractivity contribution >= 4 is 5.78 Å². The van der Waals surface area contributed by atoms with Crippen molar-refractivity contribution in [1.82, 2.24) is 0 Å². The molecule has 0 radical (unpaired) electrons. The van der Waals surface area contributed by atoms with E-state index in [4.69, 9.17) is 4.74 Å². The standard InChI is InChI=1S/C8H8O2/c1-7(9)8-5-3-2-4-6-10-8/h2-6H,1H3. The average Bonchev–Trinajstić information content (AvgIpc) is 2.12. The largest absolute Gasteiger partial charge is 0.461 e. The normalized spacial score (nSPS) is 15.5. The molecule has 0 spiro atoms. The molecule has 2 heteroatoms. The molecule has 2 nitrogen and oxygen atoms in total. The zero-order chi connectivity index (χ0) is 7.40. The fraction of sp³-hybridized carbons (Fsp3) is 0.125. The molecule has 0 aromatic rings. The monoisotopic (exact) mass is 136 g/mol. The minimum atomic E-state index is -0.0591. The van der Waals surface area contributed by atoms with Gasteiger partial charge in [0.1, 0.15) is 0 Å². The second-order valence-electron chi connectivity index (χ2n) is 1.92. The van der Waals surface area contributed by atoms with Gasteiger partial charge in [0.25, 0.3) is 0 Å². The van der Waals surface area contributed by atoms with Crippen molar-refractivity contribution in [1.29, 1.82) is 0 Å². The van der Waals surface area contributed by atoms with Gasteiger partial charge >= 0.3 is 0 Å². The number of ketones is 1. The van der Waals surface area contributed by atoms with Crippen LogP contribution in [0.15, 0.2) is 36.3 Å². The predicted molar refractivity (Wildman–Crippen MR) is 38.1 cm³/mol. The molecule has 0 saturated carbocycles. The molecule has 1 rings (SSSR count). The van der Waals surface area contributed by atoms with E-state index in [0.29, 0.717) is 5.76 Å². The summed E-state index contributed by atoms with van der Waals surface area (Å²) in [6.45, 7) is 1.47. The lowest BCUT2D eigenvalue weighted by Gasteiger charge is -1.97. The van der Waals surface area contributed by atoms with Crippen LogP contribution < -0.4 is 0 Å². The molecule has 1 aliphatic rings. The van der Waals surface area contributed by atoms with Crippen LogP contribution in [-0.4, -0.2) is 5.78 Å². The Hall–Kier alpha value is -1.31. The van der Waals surface area contributed by atoms with E-state index in [9.17, 15) is 4.79 Å². The molecule has 0 fully saturated rings. The first kappa shape index (κ1) is 6.81. The Labute approximate surface area is 59.5 Å². The highest BCUT2D eigenvalue weighted by atomic mass is 16.5. The Morgan fingerprint density at radius 3 is 2.90 bits per heavy atom. The molecule has 0 aliphatic carbocycles. The second-order valence-corrected chi connectivity index (χ2v) is 1.92. The Morgan fingerprint density at radius 1 is 1.40 bits per heavy atom. The quantitative estimate of drug-likeness (QED) is 0.546. The van der Waals surface area contributed by atoms with Gasteiger partial charge < -0.3 is 4.74 Å². The first-order valence-electron chi connectivity index (χ1n) is 3.02. The molecule has 10 heavy (non-hydrogen) atoms. The lowest BCUT2D eigenvalue weighted by molar-refractivity contribution is -0.116. The van der Waals surface area contributed by atoms with Gasteiger partial charge in [-0.05, 0) is 12.2 Å². The van der Waals surface area contributed by atoms with Crippen LogP contribution in [0.4, 0.5) is 0 Å². The van der Waals surface area contributed by atoms with Crippen LogP contribution >= 0.6 is 0 Å². The van der Waals surface area contributed by atoms with E-state index in [1.807, 2.05) is 0 Å². The lowest BCUT2D eigenvalue weighted by atomic mass is 10.3. The van der Waals surface area contributed by atoms with Crippen LogP contribution in [0, 0.1) is 0 Å². The number of hydrogen-bond donors (Lipinski definition) is 0. The summed E-state index contributed by atoms with van der Waals surface area (Å²) in [7, 11) is 0. The Morgan fingerprint density at radius 2 is 2.20 bits per heavy atom. The van der Waals surface area contributed by atoms with E-state index >= 15 is 0 Å². The van der Waals surface area contributed by atoms with Crippen molar-refractivity contribution in [3.8, 4) is 0 Å². The van der Waals surface area contributed by atoms with Gasteiger partial charge in [0.05, 0.1) is 6.26 Å². The first-order chi connectivity index (χ1) is 4.80. The zero-order valence-electron chi connectivity index (χ0n) is 5.70. The van der Waals surface area contributed by atoms with Crippen LogP contribution in [0.3, 0.4) is 0 Å². The van der Waals surface area contributed by atoms with Gasteiger partial charge in [0.2, 0.25) is 0 Å². The Balaban J connectivity index is 2.78. The molecule has 0 amide bonds. The van der Waals surface area contributed by atoms with Crippen LogP contribution in [0.2, 0.25) is 0 Å². The van der Waals surface area contributed by atoms with Gasteiger partial charge in [-0.25, -0.2) is 0 Å². The van der Waals surface area contributed by atoms with Gasteiger partial charge in [-0.3, -0.25) is 4.79 Å². The molecular weight excluding hydrogens is 128 g/mol. The summed E-state index contributed by atoms with van der Waals surface area (Å²) in [4.78, 5) is 10.7. The predicted octanol–water partition coefficient (Wildman–Crippen LogP) is 1.56. The molecule has 0 aromatic heterocycles. The number of Topliss-reactive ketones (excluding diaryl/α,β-unsaturated/α-hetero) is 1. The van der Waals surface area contributed by atoms with E-state index in [2.05, 4.69) is 0 Å². The molecule has 0 aromatic carbocycles. The van der Waals surface area contributed by atoms with Crippen molar-refractivity contribution < 1.29 is 9.53 Å². The zero-order valence-corrected chi connectivity index (χ0v) is 5.70. The second kappa shape index (κ2) is 3.01. The number of rotatable bonds is 1. The number of carbonyl (C=O) groups excluding carboxylic acids is 1. The third-order valence-electron chi connectivity index (χ3n) is 1.09. The van der Waals surface area contributed by atoms with Gasteiger partial charge in [-0.15, -0.1) is 0 Å². The average molecular weight is 136 g/mol. The summed E-state index contributed by atoms with van der Waals surface area (Å²) >= 11 is 0. The van der Waals surface area contributed by atoms with E-state index < -0.39 is 0 Å². The Bertz CT molecular complexity index is 221. The van der Waals surface area contributed by atoms with E-state index in [1.165, 1.54) is 13.2 Å². The van der Waals surface area contributed by atoms with Crippen molar-refractivity contribution in [2.45, 2.75) is 6.92 Å². The number of allylic oxidation sites excluding steroid dienone is 5.